The SMILES string of the molecule is COc1ccc(C=Nc2cc(C)ccc2O)cc1OC. The summed E-state index contributed by atoms with van der Waals surface area (Å²) in [7, 11) is 3.18. The first-order valence-corrected chi connectivity index (χ1v) is 6.19. The highest BCUT2D eigenvalue weighted by molar-refractivity contribution is 5.83. The number of aromatic hydroxyl groups is 1. The van der Waals surface area contributed by atoms with Crippen LogP contribution in [0.3, 0.4) is 0 Å². The van der Waals surface area contributed by atoms with E-state index < -0.39 is 0 Å². The van der Waals surface area contributed by atoms with E-state index in [-0.39, 0.29) is 5.75 Å². The van der Waals surface area contributed by atoms with E-state index in [1.54, 1.807) is 26.5 Å². The molecule has 0 fully saturated rings. The molecule has 4 nitrogen and oxygen atoms in total. The van der Waals surface area contributed by atoms with Crippen LogP contribution in [-0.4, -0.2) is 25.5 Å². The van der Waals surface area contributed by atoms with Gasteiger partial charge in [0.1, 0.15) is 11.4 Å². The fourth-order valence-electron chi connectivity index (χ4n) is 1.81. The zero-order chi connectivity index (χ0) is 14.5. The second-order valence-corrected chi connectivity index (χ2v) is 4.36. The van der Waals surface area contributed by atoms with E-state index in [1.807, 2.05) is 37.3 Å². The minimum atomic E-state index is 0.160. The summed E-state index contributed by atoms with van der Waals surface area (Å²) in [6.07, 6.45) is 1.68. The topological polar surface area (TPSA) is 51.0 Å². The van der Waals surface area contributed by atoms with E-state index in [2.05, 4.69) is 4.99 Å². The van der Waals surface area contributed by atoms with Gasteiger partial charge in [0, 0.05) is 6.21 Å². The zero-order valence-electron chi connectivity index (χ0n) is 11.8. The number of methoxy groups -OCH3 is 2. The van der Waals surface area contributed by atoms with Gasteiger partial charge in [-0.2, -0.15) is 0 Å². The number of ether oxygens (including phenoxy) is 2. The summed E-state index contributed by atoms with van der Waals surface area (Å²) in [6, 6.07) is 10.8. The fourth-order valence-corrected chi connectivity index (χ4v) is 1.81. The van der Waals surface area contributed by atoms with E-state index in [0.717, 1.165) is 11.1 Å². The van der Waals surface area contributed by atoms with Crippen LogP contribution in [0.5, 0.6) is 17.2 Å². The van der Waals surface area contributed by atoms with Gasteiger partial charge in [-0.15, -0.1) is 0 Å². The van der Waals surface area contributed by atoms with Crippen molar-refractivity contribution >= 4 is 11.9 Å². The van der Waals surface area contributed by atoms with Crippen LogP contribution < -0.4 is 9.47 Å². The summed E-state index contributed by atoms with van der Waals surface area (Å²) in [4.78, 5) is 4.30. The number of aliphatic imine (C=N–C) groups is 1. The number of hydrogen-bond donors (Lipinski definition) is 1. The Morgan fingerprint density at radius 2 is 1.75 bits per heavy atom. The molecular weight excluding hydrogens is 254 g/mol. The summed E-state index contributed by atoms with van der Waals surface area (Å²) in [5, 5.41) is 9.74. The van der Waals surface area contributed by atoms with Gasteiger partial charge in [0.15, 0.2) is 11.5 Å². The smallest absolute Gasteiger partial charge is 0.161 e. The van der Waals surface area contributed by atoms with Crippen molar-refractivity contribution in [1.29, 1.82) is 0 Å². The second kappa shape index (κ2) is 6.10. The average molecular weight is 271 g/mol. The molecule has 0 saturated heterocycles. The largest absolute Gasteiger partial charge is 0.506 e. The third-order valence-corrected chi connectivity index (χ3v) is 2.89. The highest BCUT2D eigenvalue weighted by atomic mass is 16.5. The predicted molar refractivity (Wildman–Crippen MR) is 79.6 cm³/mol. The highest BCUT2D eigenvalue weighted by Gasteiger charge is 2.03. The zero-order valence-corrected chi connectivity index (χ0v) is 11.8. The number of phenolic OH excluding ortho intramolecular Hbond substituents is 1. The Hall–Kier alpha value is -2.49. The van der Waals surface area contributed by atoms with Crippen molar-refractivity contribution < 1.29 is 14.6 Å². The van der Waals surface area contributed by atoms with Crippen LogP contribution in [0.15, 0.2) is 41.4 Å². The number of benzene rings is 2. The minimum Gasteiger partial charge on any atom is -0.506 e. The van der Waals surface area contributed by atoms with Gasteiger partial charge < -0.3 is 14.6 Å². The van der Waals surface area contributed by atoms with Gasteiger partial charge in [-0.1, -0.05) is 6.07 Å². The molecule has 1 N–H and O–H groups in total. The van der Waals surface area contributed by atoms with Crippen molar-refractivity contribution in [3.8, 4) is 17.2 Å². The van der Waals surface area contributed by atoms with E-state index in [4.69, 9.17) is 9.47 Å². The lowest BCUT2D eigenvalue weighted by molar-refractivity contribution is 0.355. The molecule has 0 bridgehead atoms. The van der Waals surface area contributed by atoms with Gasteiger partial charge >= 0.3 is 0 Å². The Morgan fingerprint density at radius 3 is 2.45 bits per heavy atom. The van der Waals surface area contributed by atoms with Gasteiger partial charge in [-0.05, 0) is 48.4 Å². The maximum absolute atomic E-state index is 9.74. The molecule has 0 heterocycles. The standard InChI is InChI=1S/C16H17NO3/c1-11-4-6-14(18)13(8-11)17-10-12-5-7-15(19-2)16(9-12)20-3/h4-10,18H,1-3H3. The molecule has 0 atom stereocenters. The monoisotopic (exact) mass is 271 g/mol. The molecule has 0 amide bonds. The molecule has 20 heavy (non-hydrogen) atoms. The number of phenols is 1. The molecule has 2 rings (SSSR count). The van der Waals surface area contributed by atoms with Gasteiger partial charge in [0.05, 0.1) is 14.2 Å². The van der Waals surface area contributed by atoms with E-state index >= 15 is 0 Å². The summed E-state index contributed by atoms with van der Waals surface area (Å²) in [6.45, 7) is 1.95. The Balaban J connectivity index is 2.29. The first-order valence-electron chi connectivity index (χ1n) is 6.19. The van der Waals surface area contributed by atoms with Crippen LogP contribution in [0, 0.1) is 6.92 Å². The Labute approximate surface area is 118 Å². The molecule has 0 aliphatic heterocycles. The quantitative estimate of drug-likeness (QED) is 0.866. The third kappa shape index (κ3) is 3.09. The number of rotatable bonds is 4. The lowest BCUT2D eigenvalue weighted by Crippen LogP contribution is -1.91. The second-order valence-electron chi connectivity index (χ2n) is 4.36. The maximum Gasteiger partial charge on any atom is 0.161 e. The van der Waals surface area contributed by atoms with Crippen LogP contribution in [0.2, 0.25) is 0 Å². The normalized spacial score (nSPS) is 10.8. The van der Waals surface area contributed by atoms with E-state index in [1.165, 1.54) is 0 Å². The van der Waals surface area contributed by atoms with Crippen LogP contribution in [-0.2, 0) is 0 Å². The molecule has 0 unspecified atom stereocenters. The minimum absolute atomic E-state index is 0.160. The molecule has 4 heteroatoms. The van der Waals surface area contributed by atoms with Crippen molar-refractivity contribution in [2.24, 2.45) is 4.99 Å². The molecule has 0 saturated carbocycles. The molecule has 2 aromatic carbocycles. The van der Waals surface area contributed by atoms with Crippen molar-refractivity contribution in [3.05, 3.63) is 47.5 Å². The fraction of sp³-hybridized carbons (Fsp3) is 0.188. The average Bonchev–Trinajstić information content (AvgIpc) is 2.47. The predicted octanol–water partition coefficient (Wildman–Crippen LogP) is 3.47. The van der Waals surface area contributed by atoms with Crippen molar-refractivity contribution in [3.63, 3.8) is 0 Å². The summed E-state index contributed by atoms with van der Waals surface area (Å²) in [5.41, 5.74) is 2.45. The van der Waals surface area contributed by atoms with Crippen LogP contribution in [0.25, 0.3) is 0 Å². The van der Waals surface area contributed by atoms with Gasteiger partial charge in [0.25, 0.3) is 0 Å². The summed E-state index contributed by atoms with van der Waals surface area (Å²) < 4.78 is 10.4. The van der Waals surface area contributed by atoms with E-state index in [9.17, 15) is 5.11 Å². The van der Waals surface area contributed by atoms with Crippen LogP contribution in [0.1, 0.15) is 11.1 Å². The van der Waals surface area contributed by atoms with Crippen molar-refractivity contribution in [2.75, 3.05) is 14.2 Å². The third-order valence-electron chi connectivity index (χ3n) is 2.89. The molecule has 0 spiro atoms. The molecule has 0 aromatic heterocycles. The molecule has 0 radical (unpaired) electrons. The van der Waals surface area contributed by atoms with Crippen molar-refractivity contribution in [1.82, 2.24) is 0 Å². The molecule has 0 aliphatic carbocycles. The highest BCUT2D eigenvalue weighted by Crippen LogP contribution is 2.29. The first kappa shape index (κ1) is 13.9. The maximum atomic E-state index is 9.74. The number of nitrogens with zero attached hydrogens (tertiary/aromatic N) is 1. The van der Waals surface area contributed by atoms with Crippen LogP contribution in [0.4, 0.5) is 5.69 Å². The molecular formula is C16H17NO3. The lowest BCUT2D eigenvalue weighted by atomic mass is 10.2. The lowest BCUT2D eigenvalue weighted by Gasteiger charge is -2.07. The Bertz CT molecular complexity index is 636. The summed E-state index contributed by atoms with van der Waals surface area (Å²) in [5.74, 6) is 1.47. The summed E-state index contributed by atoms with van der Waals surface area (Å²) >= 11 is 0. The number of aryl methyl sites for hydroxylation is 1. The van der Waals surface area contributed by atoms with E-state index in [0.29, 0.717) is 17.2 Å². The van der Waals surface area contributed by atoms with Crippen molar-refractivity contribution in [2.45, 2.75) is 6.92 Å². The molecule has 104 valence electrons. The number of hydrogen-bond acceptors (Lipinski definition) is 4. The van der Waals surface area contributed by atoms with Crippen LogP contribution >= 0.6 is 0 Å². The molecule has 2 aromatic rings. The van der Waals surface area contributed by atoms with Gasteiger partial charge in [-0.25, -0.2) is 0 Å². The Morgan fingerprint density at radius 1 is 1.00 bits per heavy atom. The van der Waals surface area contributed by atoms with Gasteiger partial charge in [0.2, 0.25) is 0 Å². The van der Waals surface area contributed by atoms with Gasteiger partial charge in [-0.3, -0.25) is 4.99 Å². The first-order chi connectivity index (χ1) is 9.63. The molecule has 0 aliphatic rings. The Kier molecular flexibility index (Phi) is 4.25.